The van der Waals surface area contributed by atoms with Crippen molar-refractivity contribution in [3.63, 3.8) is 0 Å². The van der Waals surface area contributed by atoms with Crippen molar-refractivity contribution in [2.24, 2.45) is 0 Å². The maximum atomic E-state index is 13.3. The van der Waals surface area contributed by atoms with E-state index >= 15 is 0 Å². The summed E-state index contributed by atoms with van der Waals surface area (Å²) in [4.78, 5) is 9.09. The first-order valence-corrected chi connectivity index (χ1v) is 7.47. The molecule has 0 spiro atoms. The van der Waals surface area contributed by atoms with Crippen molar-refractivity contribution >= 4 is 15.9 Å². The molecular weight excluding hydrogens is 321 g/mol. The van der Waals surface area contributed by atoms with Crippen LogP contribution in [0.2, 0.25) is 0 Å². The molecule has 1 N–H and O–H groups in total. The van der Waals surface area contributed by atoms with Crippen LogP contribution in [0.15, 0.2) is 28.9 Å². The Morgan fingerprint density at radius 1 is 1.40 bits per heavy atom. The zero-order valence-corrected chi connectivity index (χ0v) is 12.7. The molecule has 20 heavy (non-hydrogen) atoms. The summed E-state index contributed by atoms with van der Waals surface area (Å²) < 4.78 is 13.7. The molecule has 0 aliphatic heterocycles. The fraction of sp³-hybridized carbons (Fsp3) is 0.333. The van der Waals surface area contributed by atoms with Crippen LogP contribution < -0.4 is 5.32 Å². The lowest BCUT2D eigenvalue weighted by molar-refractivity contribution is 0.488. The summed E-state index contributed by atoms with van der Waals surface area (Å²) in [5.74, 6) is 0.378. The molecule has 1 aromatic heterocycles. The maximum absolute atomic E-state index is 13.3. The Hall–Kier alpha value is -1.33. The molecule has 1 unspecified atom stereocenters. The molecule has 5 heteroatoms. The number of rotatable bonds is 2. The van der Waals surface area contributed by atoms with Crippen molar-refractivity contribution in [2.75, 3.05) is 7.05 Å². The number of hydrogen-bond donors (Lipinski definition) is 1. The van der Waals surface area contributed by atoms with Gasteiger partial charge in [0.05, 0.1) is 4.47 Å². The second-order valence-electron chi connectivity index (χ2n) is 4.96. The summed E-state index contributed by atoms with van der Waals surface area (Å²) in [6.07, 6.45) is 5.12. The number of aryl methyl sites for hydroxylation is 1. The molecular formula is C15H15BrFN3. The third kappa shape index (κ3) is 2.47. The molecule has 0 saturated carbocycles. The average Bonchev–Trinajstić information content (AvgIpc) is 2.48. The van der Waals surface area contributed by atoms with Gasteiger partial charge in [-0.1, -0.05) is 0 Å². The Kier molecular flexibility index (Phi) is 3.81. The number of nitrogens with zero attached hydrogens (tertiary/aromatic N) is 2. The summed E-state index contributed by atoms with van der Waals surface area (Å²) in [6.45, 7) is 0. The quantitative estimate of drug-likeness (QED) is 0.910. The summed E-state index contributed by atoms with van der Waals surface area (Å²) >= 11 is 3.20. The predicted octanol–water partition coefficient (Wildman–Crippen LogP) is 3.64. The molecule has 0 bridgehead atoms. The minimum atomic E-state index is -0.276. The topological polar surface area (TPSA) is 37.8 Å². The molecule has 1 aliphatic rings. The van der Waals surface area contributed by atoms with Gasteiger partial charge in [0.2, 0.25) is 0 Å². The maximum Gasteiger partial charge on any atom is 0.159 e. The molecule has 104 valence electrons. The summed E-state index contributed by atoms with van der Waals surface area (Å²) in [7, 11) is 1.96. The molecule has 1 aliphatic carbocycles. The molecule has 2 aromatic rings. The van der Waals surface area contributed by atoms with E-state index in [2.05, 4.69) is 31.2 Å². The molecule has 0 fully saturated rings. The Balaban J connectivity index is 2.01. The van der Waals surface area contributed by atoms with E-state index in [9.17, 15) is 4.39 Å². The van der Waals surface area contributed by atoms with Crippen LogP contribution in [-0.2, 0) is 6.42 Å². The highest BCUT2D eigenvalue weighted by Crippen LogP contribution is 2.30. The predicted molar refractivity (Wildman–Crippen MR) is 79.9 cm³/mol. The molecule has 1 heterocycles. The van der Waals surface area contributed by atoms with Crippen molar-refractivity contribution in [3.05, 3.63) is 45.9 Å². The van der Waals surface area contributed by atoms with Crippen molar-refractivity contribution < 1.29 is 4.39 Å². The number of halogens is 2. The third-order valence-corrected chi connectivity index (χ3v) is 4.32. The van der Waals surface area contributed by atoms with E-state index in [1.807, 2.05) is 13.2 Å². The van der Waals surface area contributed by atoms with Gasteiger partial charge in [-0.3, -0.25) is 0 Å². The van der Waals surface area contributed by atoms with Gasteiger partial charge in [-0.05, 0) is 60.4 Å². The van der Waals surface area contributed by atoms with Gasteiger partial charge in [-0.2, -0.15) is 0 Å². The zero-order valence-electron chi connectivity index (χ0n) is 11.2. The van der Waals surface area contributed by atoms with Gasteiger partial charge in [0.15, 0.2) is 5.82 Å². The zero-order chi connectivity index (χ0) is 14.1. The van der Waals surface area contributed by atoms with E-state index in [0.29, 0.717) is 16.3 Å². The van der Waals surface area contributed by atoms with Gasteiger partial charge < -0.3 is 5.32 Å². The van der Waals surface area contributed by atoms with Crippen LogP contribution in [0.1, 0.15) is 30.1 Å². The lowest BCUT2D eigenvalue weighted by Crippen LogP contribution is -2.22. The van der Waals surface area contributed by atoms with Gasteiger partial charge in [0.25, 0.3) is 0 Å². The lowest BCUT2D eigenvalue weighted by atomic mass is 9.92. The number of hydrogen-bond acceptors (Lipinski definition) is 3. The number of nitrogens with one attached hydrogen (secondary N) is 1. The van der Waals surface area contributed by atoms with E-state index in [4.69, 9.17) is 0 Å². The second-order valence-corrected chi connectivity index (χ2v) is 5.81. The fourth-order valence-corrected chi connectivity index (χ4v) is 3.00. The van der Waals surface area contributed by atoms with E-state index in [0.717, 1.165) is 30.5 Å². The second kappa shape index (κ2) is 5.58. The standard InChI is InChI=1S/C15H15BrFN3/c1-18-13-3-2-4-14-10(13)8-19-15(20-14)9-5-6-12(17)11(16)7-9/h5-8,13,18H,2-4H2,1H3. The smallest absolute Gasteiger partial charge is 0.159 e. The van der Waals surface area contributed by atoms with Crippen molar-refractivity contribution in [3.8, 4) is 11.4 Å². The first-order valence-electron chi connectivity index (χ1n) is 6.67. The minimum Gasteiger partial charge on any atom is -0.313 e. The molecule has 0 radical (unpaired) electrons. The lowest BCUT2D eigenvalue weighted by Gasteiger charge is -2.24. The molecule has 0 amide bonds. The highest BCUT2D eigenvalue weighted by atomic mass is 79.9. The number of aromatic nitrogens is 2. The summed E-state index contributed by atoms with van der Waals surface area (Å²) in [5.41, 5.74) is 3.11. The van der Waals surface area contributed by atoms with Gasteiger partial charge in [0, 0.05) is 29.1 Å². The Morgan fingerprint density at radius 2 is 2.25 bits per heavy atom. The minimum absolute atomic E-state index is 0.276. The average molecular weight is 336 g/mol. The van der Waals surface area contributed by atoms with E-state index in [-0.39, 0.29) is 5.82 Å². The van der Waals surface area contributed by atoms with Gasteiger partial charge >= 0.3 is 0 Å². The number of fused-ring (bicyclic) bond motifs is 1. The van der Waals surface area contributed by atoms with Gasteiger partial charge in [-0.25, -0.2) is 14.4 Å². The first-order chi connectivity index (χ1) is 9.69. The third-order valence-electron chi connectivity index (χ3n) is 3.71. The molecule has 3 rings (SSSR count). The van der Waals surface area contributed by atoms with Gasteiger partial charge in [0.1, 0.15) is 5.82 Å². The van der Waals surface area contributed by atoms with Crippen LogP contribution in [0.5, 0.6) is 0 Å². The van der Waals surface area contributed by atoms with Gasteiger partial charge in [-0.15, -0.1) is 0 Å². The van der Waals surface area contributed by atoms with Crippen molar-refractivity contribution in [2.45, 2.75) is 25.3 Å². The van der Waals surface area contributed by atoms with Crippen LogP contribution >= 0.6 is 15.9 Å². The fourth-order valence-electron chi connectivity index (χ4n) is 2.62. The molecule has 1 atom stereocenters. The molecule has 3 nitrogen and oxygen atoms in total. The van der Waals surface area contributed by atoms with Crippen LogP contribution in [0.25, 0.3) is 11.4 Å². The first kappa shape index (κ1) is 13.6. The molecule has 0 saturated heterocycles. The Morgan fingerprint density at radius 3 is 3.00 bits per heavy atom. The Labute approximate surface area is 125 Å². The van der Waals surface area contributed by atoms with Crippen molar-refractivity contribution in [1.29, 1.82) is 0 Å². The van der Waals surface area contributed by atoms with Crippen LogP contribution in [-0.4, -0.2) is 17.0 Å². The van der Waals surface area contributed by atoms with Crippen LogP contribution in [0.4, 0.5) is 4.39 Å². The summed E-state index contributed by atoms with van der Waals surface area (Å²) in [5, 5.41) is 3.30. The van der Waals surface area contributed by atoms with Crippen LogP contribution in [0, 0.1) is 5.82 Å². The van der Waals surface area contributed by atoms with E-state index in [1.165, 1.54) is 11.6 Å². The Bertz CT molecular complexity index is 645. The summed E-state index contributed by atoms with van der Waals surface area (Å²) in [6, 6.07) is 5.20. The SMILES string of the molecule is CNC1CCCc2nc(-c3ccc(F)c(Br)c3)ncc21. The largest absolute Gasteiger partial charge is 0.313 e. The highest BCUT2D eigenvalue weighted by molar-refractivity contribution is 9.10. The molecule has 1 aromatic carbocycles. The van der Waals surface area contributed by atoms with Crippen molar-refractivity contribution in [1.82, 2.24) is 15.3 Å². The highest BCUT2D eigenvalue weighted by Gasteiger charge is 2.21. The van der Waals surface area contributed by atoms with Crippen LogP contribution in [0.3, 0.4) is 0 Å². The number of benzene rings is 1. The normalized spacial score (nSPS) is 17.9. The monoisotopic (exact) mass is 335 g/mol. The van der Waals surface area contributed by atoms with E-state index < -0.39 is 0 Å². The van der Waals surface area contributed by atoms with E-state index in [1.54, 1.807) is 12.1 Å².